The van der Waals surface area contributed by atoms with Crippen molar-refractivity contribution in [2.75, 3.05) is 35.0 Å². The van der Waals surface area contributed by atoms with Crippen LogP contribution in [0.1, 0.15) is 22.8 Å². The average molecular weight is 418 g/mol. The van der Waals surface area contributed by atoms with Gasteiger partial charge < -0.3 is 23.7 Å². The van der Waals surface area contributed by atoms with Crippen LogP contribution in [-0.2, 0) is 11.2 Å². The van der Waals surface area contributed by atoms with E-state index in [0.717, 1.165) is 0 Å². The van der Waals surface area contributed by atoms with Crippen molar-refractivity contribution >= 4 is 11.8 Å². The lowest BCUT2D eigenvalue weighted by molar-refractivity contribution is -0.121. The number of hydrogen-bond donors (Lipinski definition) is 2. The van der Waals surface area contributed by atoms with Gasteiger partial charge in [-0.15, -0.1) is 0 Å². The topological polar surface area (TPSA) is 104 Å². The normalized spacial score (nSPS) is 10.0. The molecule has 0 aromatic heterocycles. The van der Waals surface area contributed by atoms with E-state index in [0.29, 0.717) is 46.5 Å². The first kappa shape index (κ1) is 22.7. The lowest BCUT2D eigenvalue weighted by Crippen LogP contribution is -2.42. The fourth-order valence-electron chi connectivity index (χ4n) is 2.80. The molecule has 30 heavy (non-hydrogen) atoms. The zero-order chi connectivity index (χ0) is 22.1. The third-order valence-corrected chi connectivity index (χ3v) is 4.18. The summed E-state index contributed by atoms with van der Waals surface area (Å²) in [5, 5.41) is 0. The van der Waals surface area contributed by atoms with Gasteiger partial charge in [0, 0.05) is 11.1 Å². The van der Waals surface area contributed by atoms with Gasteiger partial charge in [0.15, 0.2) is 23.0 Å². The van der Waals surface area contributed by atoms with Crippen molar-refractivity contribution in [2.45, 2.75) is 13.3 Å². The molecule has 9 heteroatoms. The van der Waals surface area contributed by atoms with Gasteiger partial charge in [-0.2, -0.15) is 0 Å². The smallest absolute Gasteiger partial charge is 0.269 e. The summed E-state index contributed by atoms with van der Waals surface area (Å²) in [5.41, 5.74) is 5.64. The zero-order valence-electron chi connectivity index (χ0n) is 17.7. The predicted octanol–water partition coefficient (Wildman–Crippen LogP) is 2.12. The SMILES string of the molecule is CCOc1ccc(C(=O)NNC(=O)Cc2ccc(OC)c(OC)c2OC)cc1OC. The molecule has 0 spiro atoms. The molecule has 2 amide bonds. The van der Waals surface area contributed by atoms with E-state index >= 15 is 0 Å². The standard InChI is InChI=1S/C21H26N2O7/c1-6-30-15-9-8-14(11-17(15)27-3)21(25)23-22-18(24)12-13-7-10-16(26-2)20(29-5)19(13)28-4/h7-11H,6,12H2,1-5H3,(H,22,24)(H,23,25). The summed E-state index contributed by atoms with van der Waals surface area (Å²) in [6.07, 6.45) is -0.0452. The van der Waals surface area contributed by atoms with Crippen LogP contribution in [0, 0.1) is 0 Å². The number of nitrogens with one attached hydrogen (secondary N) is 2. The fraction of sp³-hybridized carbons (Fsp3) is 0.333. The number of hydrogen-bond acceptors (Lipinski definition) is 7. The van der Waals surface area contributed by atoms with E-state index in [1.54, 1.807) is 24.3 Å². The van der Waals surface area contributed by atoms with Crippen molar-refractivity contribution in [3.63, 3.8) is 0 Å². The Morgan fingerprint density at radius 3 is 2.07 bits per heavy atom. The minimum absolute atomic E-state index is 0.0452. The molecule has 162 valence electrons. The van der Waals surface area contributed by atoms with Gasteiger partial charge in [0.05, 0.1) is 41.5 Å². The number of methoxy groups -OCH3 is 4. The number of amides is 2. The van der Waals surface area contributed by atoms with Crippen molar-refractivity contribution in [1.82, 2.24) is 10.9 Å². The van der Waals surface area contributed by atoms with E-state index in [9.17, 15) is 9.59 Å². The van der Waals surface area contributed by atoms with Gasteiger partial charge in [-0.1, -0.05) is 6.07 Å². The van der Waals surface area contributed by atoms with Gasteiger partial charge in [0.25, 0.3) is 5.91 Å². The molecule has 0 radical (unpaired) electrons. The van der Waals surface area contributed by atoms with Crippen molar-refractivity contribution in [3.8, 4) is 28.7 Å². The molecular formula is C21H26N2O7. The maximum Gasteiger partial charge on any atom is 0.269 e. The van der Waals surface area contributed by atoms with E-state index < -0.39 is 11.8 Å². The van der Waals surface area contributed by atoms with E-state index in [1.807, 2.05) is 6.92 Å². The van der Waals surface area contributed by atoms with Crippen LogP contribution in [0.15, 0.2) is 30.3 Å². The summed E-state index contributed by atoms with van der Waals surface area (Å²) in [4.78, 5) is 24.7. The first-order valence-electron chi connectivity index (χ1n) is 9.16. The molecule has 0 saturated carbocycles. The molecule has 0 bridgehead atoms. The summed E-state index contributed by atoms with van der Waals surface area (Å²) in [5.74, 6) is 1.27. The maximum atomic E-state index is 12.4. The Balaban J connectivity index is 2.05. The molecule has 0 saturated heterocycles. The van der Waals surface area contributed by atoms with Crippen LogP contribution in [0.2, 0.25) is 0 Å². The van der Waals surface area contributed by atoms with Crippen molar-refractivity contribution in [1.29, 1.82) is 0 Å². The minimum atomic E-state index is -0.496. The lowest BCUT2D eigenvalue weighted by atomic mass is 10.1. The average Bonchev–Trinajstić information content (AvgIpc) is 2.77. The number of carbonyl (C=O) groups excluding carboxylic acids is 2. The van der Waals surface area contributed by atoms with Crippen LogP contribution in [0.4, 0.5) is 0 Å². The van der Waals surface area contributed by atoms with Crippen molar-refractivity contribution < 1.29 is 33.3 Å². The number of rotatable bonds is 9. The quantitative estimate of drug-likeness (QED) is 0.601. The number of hydrazine groups is 1. The van der Waals surface area contributed by atoms with Gasteiger partial charge >= 0.3 is 0 Å². The first-order valence-corrected chi connectivity index (χ1v) is 9.16. The summed E-state index contributed by atoms with van der Waals surface area (Å²) >= 11 is 0. The summed E-state index contributed by atoms with van der Waals surface area (Å²) < 4.78 is 26.6. The van der Waals surface area contributed by atoms with E-state index in [2.05, 4.69) is 10.9 Å². The number of benzene rings is 2. The van der Waals surface area contributed by atoms with Gasteiger partial charge in [-0.3, -0.25) is 20.4 Å². The molecule has 9 nitrogen and oxygen atoms in total. The Hall–Kier alpha value is -3.62. The van der Waals surface area contributed by atoms with Gasteiger partial charge in [-0.25, -0.2) is 0 Å². The molecule has 0 aliphatic carbocycles. The number of ether oxygens (including phenoxy) is 5. The second kappa shape index (κ2) is 10.8. The molecule has 2 aromatic rings. The fourth-order valence-corrected chi connectivity index (χ4v) is 2.80. The molecule has 0 aliphatic rings. The Bertz CT molecular complexity index is 899. The molecule has 2 N–H and O–H groups in total. The van der Waals surface area contributed by atoms with E-state index in [1.165, 1.54) is 34.5 Å². The van der Waals surface area contributed by atoms with Crippen LogP contribution >= 0.6 is 0 Å². The molecule has 0 fully saturated rings. The van der Waals surface area contributed by atoms with Gasteiger partial charge in [-0.05, 0) is 31.2 Å². The van der Waals surface area contributed by atoms with Crippen LogP contribution in [-0.4, -0.2) is 46.9 Å². The largest absolute Gasteiger partial charge is 0.493 e. The molecule has 0 aliphatic heterocycles. The van der Waals surface area contributed by atoms with Crippen molar-refractivity contribution in [2.24, 2.45) is 0 Å². The highest BCUT2D eigenvalue weighted by molar-refractivity contribution is 5.96. The third-order valence-electron chi connectivity index (χ3n) is 4.18. The monoisotopic (exact) mass is 418 g/mol. The maximum absolute atomic E-state index is 12.4. The Morgan fingerprint density at radius 2 is 1.47 bits per heavy atom. The Labute approximate surface area is 175 Å². The summed E-state index contributed by atoms with van der Waals surface area (Å²) in [6, 6.07) is 8.11. The highest BCUT2D eigenvalue weighted by Crippen LogP contribution is 2.39. The lowest BCUT2D eigenvalue weighted by Gasteiger charge is -2.16. The minimum Gasteiger partial charge on any atom is -0.493 e. The summed E-state index contributed by atoms with van der Waals surface area (Å²) in [6.45, 7) is 2.32. The van der Waals surface area contributed by atoms with Crippen LogP contribution in [0.5, 0.6) is 28.7 Å². The predicted molar refractivity (Wildman–Crippen MR) is 110 cm³/mol. The molecule has 0 heterocycles. The first-order chi connectivity index (χ1) is 14.5. The van der Waals surface area contributed by atoms with Gasteiger partial charge in [0.2, 0.25) is 11.7 Å². The van der Waals surface area contributed by atoms with Gasteiger partial charge in [0.1, 0.15) is 0 Å². The highest BCUT2D eigenvalue weighted by Gasteiger charge is 2.18. The molecule has 0 atom stereocenters. The Kier molecular flexibility index (Phi) is 8.16. The Morgan fingerprint density at radius 1 is 0.800 bits per heavy atom. The van der Waals surface area contributed by atoms with Crippen molar-refractivity contribution in [3.05, 3.63) is 41.5 Å². The molecule has 2 rings (SSSR count). The second-order valence-electron chi connectivity index (χ2n) is 5.97. The molecule has 0 unspecified atom stereocenters. The highest BCUT2D eigenvalue weighted by atomic mass is 16.5. The third kappa shape index (κ3) is 5.25. The van der Waals surface area contributed by atoms with Crippen LogP contribution in [0.3, 0.4) is 0 Å². The molecular weight excluding hydrogens is 392 g/mol. The van der Waals surface area contributed by atoms with E-state index in [4.69, 9.17) is 23.7 Å². The second-order valence-corrected chi connectivity index (χ2v) is 5.97. The number of carbonyl (C=O) groups is 2. The zero-order valence-corrected chi connectivity index (χ0v) is 17.7. The van der Waals surface area contributed by atoms with Crippen LogP contribution < -0.4 is 34.5 Å². The summed E-state index contributed by atoms with van der Waals surface area (Å²) in [7, 11) is 5.95. The molecule has 2 aromatic carbocycles. The van der Waals surface area contributed by atoms with E-state index in [-0.39, 0.29) is 6.42 Å². The van der Waals surface area contributed by atoms with Crippen LogP contribution in [0.25, 0.3) is 0 Å².